The van der Waals surface area contributed by atoms with Gasteiger partial charge < -0.3 is 15.2 Å². The number of alkyl halides is 3. The Kier molecular flexibility index (Phi) is 10.5. The zero-order chi connectivity index (χ0) is 29.7. The first-order valence-corrected chi connectivity index (χ1v) is 12.7. The van der Waals surface area contributed by atoms with E-state index >= 15 is 0 Å². The van der Waals surface area contributed by atoms with Gasteiger partial charge in [-0.3, -0.25) is 15.9 Å². The summed E-state index contributed by atoms with van der Waals surface area (Å²) in [5.74, 6) is -0.801. The van der Waals surface area contributed by atoms with E-state index in [-0.39, 0.29) is 26.8 Å². The molecule has 214 valence electrons. The van der Waals surface area contributed by atoms with Crippen LogP contribution < -0.4 is 5.32 Å². The standard InChI is InChI=1S/C31H40F3NO3.W/c1-15(2)25-23(10)27(22(9)19(6)24(25)13-36)35-28(37)30(38,31(32,33)34)14-29(11,12)26-20(7)17(4)16(3)18(5)21(26)8;/h38H,14H2,1-12H3,(H,35,37);/q-2;+2. The number of carbonyl (C=O) groups excluding carboxylic acids is 2. The molecule has 0 fully saturated rings. The predicted octanol–water partition coefficient (Wildman–Crippen LogP) is 7.17. The van der Waals surface area contributed by atoms with Crippen LogP contribution in [0.15, 0.2) is 0 Å². The number of anilines is 1. The van der Waals surface area contributed by atoms with Crippen LogP contribution in [0.5, 0.6) is 0 Å². The van der Waals surface area contributed by atoms with Crippen LogP contribution in [-0.4, -0.2) is 29.1 Å². The van der Waals surface area contributed by atoms with E-state index in [4.69, 9.17) is 0 Å². The summed E-state index contributed by atoms with van der Waals surface area (Å²) in [5.41, 5.74) is 2.91. The molecule has 0 aliphatic carbocycles. The Morgan fingerprint density at radius 3 is 1.64 bits per heavy atom. The normalized spacial score (nSPS) is 13.4. The van der Waals surface area contributed by atoms with Gasteiger partial charge in [0.2, 0.25) is 5.60 Å². The molecule has 0 saturated heterocycles. The number of hydrogen-bond acceptors (Lipinski definition) is 3. The summed E-state index contributed by atoms with van der Waals surface area (Å²) in [7, 11) is 0. The SMILES string of the molecule is Cc1c(C)c(C)c(C(C)(C)CC(O)(C(=O)Nc2c(C)c(C)c([C-]=O)c([C-](C)C)c2C)C(F)(F)F)c(C)c1C.[W+2]. The molecule has 0 aliphatic heterocycles. The summed E-state index contributed by atoms with van der Waals surface area (Å²) in [4.78, 5) is 25.1. The molecule has 0 bridgehead atoms. The van der Waals surface area contributed by atoms with E-state index in [1.807, 2.05) is 40.9 Å². The van der Waals surface area contributed by atoms with E-state index in [0.29, 0.717) is 33.4 Å². The molecule has 4 nitrogen and oxygen atoms in total. The van der Waals surface area contributed by atoms with Gasteiger partial charge in [-0.15, -0.1) is 19.4 Å². The van der Waals surface area contributed by atoms with Crippen LogP contribution in [0.1, 0.15) is 95.3 Å². The Bertz CT molecular complexity index is 1270. The number of halogens is 3. The fourth-order valence-corrected chi connectivity index (χ4v) is 5.87. The van der Waals surface area contributed by atoms with E-state index in [1.165, 1.54) is 0 Å². The van der Waals surface area contributed by atoms with Crippen molar-refractivity contribution in [2.24, 2.45) is 0 Å². The van der Waals surface area contributed by atoms with Crippen molar-refractivity contribution < 1.29 is 48.9 Å². The van der Waals surface area contributed by atoms with Crippen LogP contribution in [0.4, 0.5) is 18.9 Å². The van der Waals surface area contributed by atoms with Crippen LogP contribution in [0.3, 0.4) is 0 Å². The fraction of sp³-hybridized carbons (Fsp3) is 0.516. The fourth-order valence-electron chi connectivity index (χ4n) is 5.87. The molecule has 39 heavy (non-hydrogen) atoms. The summed E-state index contributed by atoms with van der Waals surface area (Å²) < 4.78 is 43.7. The third-order valence-electron chi connectivity index (χ3n) is 8.37. The Morgan fingerprint density at radius 1 is 0.821 bits per heavy atom. The molecule has 0 saturated carbocycles. The second-order valence-electron chi connectivity index (χ2n) is 11.5. The number of aliphatic hydroxyl groups is 1. The third-order valence-corrected chi connectivity index (χ3v) is 8.37. The van der Waals surface area contributed by atoms with Gasteiger partial charge in [-0.25, -0.2) is 11.5 Å². The van der Waals surface area contributed by atoms with Gasteiger partial charge >= 0.3 is 27.2 Å². The Hall–Kier alpha value is -2.11. The minimum Gasteiger partial charge on any atom is -0.391 e. The molecule has 1 unspecified atom stereocenters. The molecule has 0 radical (unpaired) electrons. The van der Waals surface area contributed by atoms with E-state index in [2.05, 4.69) is 5.32 Å². The average molecular weight is 715 g/mol. The number of carbonyl (C=O) groups is 1. The van der Waals surface area contributed by atoms with Crippen molar-refractivity contribution >= 4 is 17.9 Å². The quantitative estimate of drug-likeness (QED) is 0.299. The number of rotatable bonds is 7. The summed E-state index contributed by atoms with van der Waals surface area (Å²) in [6.07, 6.45) is -4.19. The molecule has 2 aromatic rings. The first-order valence-electron chi connectivity index (χ1n) is 12.7. The minimum absolute atomic E-state index is 0. The number of benzene rings is 2. The first-order chi connectivity index (χ1) is 17.2. The van der Waals surface area contributed by atoms with Crippen molar-refractivity contribution in [1.82, 2.24) is 0 Å². The molecule has 0 heterocycles. The minimum atomic E-state index is -5.24. The smallest absolute Gasteiger partial charge is 0.391 e. The van der Waals surface area contributed by atoms with Crippen LogP contribution >= 0.6 is 0 Å². The van der Waals surface area contributed by atoms with Gasteiger partial charge in [-0.05, 0) is 85.4 Å². The van der Waals surface area contributed by atoms with E-state index < -0.39 is 29.5 Å². The van der Waals surface area contributed by atoms with E-state index in [0.717, 1.165) is 33.7 Å². The van der Waals surface area contributed by atoms with Crippen molar-refractivity contribution in [1.29, 1.82) is 0 Å². The summed E-state index contributed by atoms with van der Waals surface area (Å²) in [6, 6.07) is 0. The van der Waals surface area contributed by atoms with E-state index in [1.54, 1.807) is 48.5 Å². The largest absolute Gasteiger partial charge is 2.00 e. The molecule has 2 aromatic carbocycles. The summed E-state index contributed by atoms with van der Waals surface area (Å²) in [6.45, 7) is 21.3. The summed E-state index contributed by atoms with van der Waals surface area (Å²) >= 11 is 0. The second-order valence-corrected chi connectivity index (χ2v) is 11.5. The van der Waals surface area contributed by atoms with Gasteiger partial charge in [0, 0.05) is 6.42 Å². The number of hydrogen-bond donors (Lipinski definition) is 2. The maximum atomic E-state index is 14.6. The van der Waals surface area contributed by atoms with Gasteiger partial charge in [0.25, 0.3) is 5.91 Å². The summed E-state index contributed by atoms with van der Waals surface area (Å²) in [5, 5.41) is 13.6. The van der Waals surface area contributed by atoms with Crippen molar-refractivity contribution in [3.8, 4) is 0 Å². The van der Waals surface area contributed by atoms with E-state index in [9.17, 15) is 27.9 Å². The van der Waals surface area contributed by atoms with Crippen LogP contribution in [0, 0.1) is 61.3 Å². The molecule has 2 N–H and O–H groups in total. The van der Waals surface area contributed by atoms with Gasteiger partial charge in [-0.2, -0.15) is 18.7 Å². The molecule has 0 spiro atoms. The molecule has 1 atom stereocenters. The van der Waals surface area contributed by atoms with Gasteiger partial charge in [-0.1, -0.05) is 34.6 Å². The van der Waals surface area contributed by atoms with Crippen molar-refractivity contribution in [3.05, 3.63) is 67.1 Å². The van der Waals surface area contributed by atoms with Crippen molar-refractivity contribution in [2.75, 3.05) is 5.32 Å². The molecule has 0 aromatic heterocycles. The molecule has 1 amide bonds. The van der Waals surface area contributed by atoms with Crippen LogP contribution in [-0.2, 0) is 36.1 Å². The van der Waals surface area contributed by atoms with Crippen molar-refractivity contribution in [3.63, 3.8) is 0 Å². The van der Waals surface area contributed by atoms with Crippen LogP contribution in [0.25, 0.3) is 0 Å². The zero-order valence-corrected chi connectivity index (χ0v) is 27.9. The van der Waals surface area contributed by atoms with Gasteiger partial charge in [0.1, 0.15) is 0 Å². The molecule has 8 heteroatoms. The molecule has 2 rings (SSSR count). The number of amides is 1. The van der Waals surface area contributed by atoms with Crippen LogP contribution in [0.2, 0.25) is 0 Å². The Labute approximate surface area is 245 Å². The predicted molar refractivity (Wildman–Crippen MR) is 147 cm³/mol. The topological polar surface area (TPSA) is 66.4 Å². The van der Waals surface area contributed by atoms with Gasteiger partial charge in [0.05, 0.1) is 0 Å². The molecule has 0 aliphatic rings. The van der Waals surface area contributed by atoms with Crippen molar-refractivity contribution in [2.45, 2.75) is 107 Å². The zero-order valence-electron chi connectivity index (χ0n) is 25.0. The average Bonchev–Trinajstić information content (AvgIpc) is 2.79. The Balaban J connectivity index is 0.00000760. The second kappa shape index (κ2) is 11.8. The van der Waals surface area contributed by atoms with Gasteiger partial charge in [0.15, 0.2) is 0 Å². The third kappa shape index (κ3) is 6.00. The maximum absolute atomic E-state index is 14.6. The molecular formula is C31H40F3NO3W. The molecular weight excluding hydrogens is 675 g/mol. The monoisotopic (exact) mass is 715 g/mol. The maximum Gasteiger partial charge on any atom is 2.00 e. The first kappa shape index (κ1) is 34.9. The number of nitrogens with one attached hydrogen (secondary N) is 1. The Morgan fingerprint density at radius 2 is 1.26 bits per heavy atom.